The third kappa shape index (κ3) is 3.99. The van der Waals surface area contributed by atoms with Crippen LogP contribution in [0.15, 0.2) is 152 Å². The molecule has 43 heavy (non-hydrogen) atoms. The number of para-hydroxylation sites is 1. The fourth-order valence-electron chi connectivity index (χ4n) is 6.85. The molecule has 0 bridgehead atoms. The van der Waals surface area contributed by atoms with Gasteiger partial charge in [-0.2, -0.15) is 0 Å². The van der Waals surface area contributed by atoms with E-state index in [1.165, 1.54) is 64.3 Å². The minimum Gasteiger partial charge on any atom is -0.310 e. The summed E-state index contributed by atoms with van der Waals surface area (Å²) in [5, 5.41) is 5.33. The molecule has 0 radical (unpaired) electrons. The van der Waals surface area contributed by atoms with E-state index >= 15 is 0 Å². The maximum atomic E-state index is 2.39. The van der Waals surface area contributed by atoms with Crippen molar-refractivity contribution in [1.29, 1.82) is 0 Å². The Labute approximate surface area is 254 Å². The van der Waals surface area contributed by atoms with Gasteiger partial charge in [0.05, 0.1) is 0 Å². The van der Waals surface area contributed by atoms with Crippen LogP contribution in [0.3, 0.4) is 0 Å². The van der Waals surface area contributed by atoms with Gasteiger partial charge in [0.15, 0.2) is 0 Å². The highest BCUT2D eigenvalue weighted by atomic mass is 32.1. The first-order valence-electron chi connectivity index (χ1n) is 14.8. The fourth-order valence-corrected chi connectivity index (χ4v) is 7.94. The van der Waals surface area contributed by atoms with Crippen LogP contribution in [0.25, 0.3) is 53.2 Å². The summed E-state index contributed by atoms with van der Waals surface area (Å²) in [6, 6.07) is 55.7. The molecule has 2 heteroatoms. The van der Waals surface area contributed by atoms with Gasteiger partial charge in [0.1, 0.15) is 0 Å². The van der Waals surface area contributed by atoms with Crippen LogP contribution < -0.4 is 4.90 Å². The van der Waals surface area contributed by atoms with Crippen LogP contribution in [0.1, 0.15) is 11.1 Å². The topological polar surface area (TPSA) is 3.24 Å². The minimum atomic E-state index is 0.997. The molecule has 0 unspecified atom stereocenters. The highest BCUT2D eigenvalue weighted by molar-refractivity contribution is 7.25. The molecule has 1 aromatic heterocycles. The van der Waals surface area contributed by atoms with Gasteiger partial charge in [-0.3, -0.25) is 0 Å². The Morgan fingerprint density at radius 2 is 1.16 bits per heavy atom. The average Bonchev–Trinajstić information content (AvgIpc) is 3.44. The maximum absolute atomic E-state index is 2.39. The van der Waals surface area contributed by atoms with E-state index in [-0.39, 0.29) is 0 Å². The lowest BCUT2D eigenvalue weighted by Gasteiger charge is -2.26. The Bertz CT molecular complexity index is 2310. The summed E-state index contributed by atoms with van der Waals surface area (Å²) in [6.07, 6.45) is 0.997. The van der Waals surface area contributed by atoms with Crippen molar-refractivity contribution in [3.05, 3.63) is 163 Å². The lowest BCUT2D eigenvalue weighted by Crippen LogP contribution is -2.09. The normalized spacial score (nSPS) is 12.1. The van der Waals surface area contributed by atoms with Crippen LogP contribution in [-0.4, -0.2) is 0 Å². The standard InChI is InChI=1S/C41H27NS/c1-2-12-32(13-3-1)42(34-21-22-40-37(26-34)36-15-6-7-16-39(36)43-40)33-19-17-27(18-20-33)31-24-30-11-8-10-29-23-28-9-4-5-14-35(28)38(25-31)41(29)30/h1-22,24-26H,23H2. The van der Waals surface area contributed by atoms with E-state index in [1.807, 2.05) is 11.3 Å². The van der Waals surface area contributed by atoms with Crippen LogP contribution in [0.5, 0.6) is 0 Å². The molecule has 0 aliphatic heterocycles. The fraction of sp³-hybridized carbons (Fsp3) is 0.0244. The highest BCUT2D eigenvalue weighted by Crippen LogP contribution is 2.43. The van der Waals surface area contributed by atoms with Crippen LogP contribution in [-0.2, 0) is 6.42 Å². The first kappa shape index (κ1) is 24.4. The largest absolute Gasteiger partial charge is 0.310 e. The van der Waals surface area contributed by atoms with Gasteiger partial charge >= 0.3 is 0 Å². The van der Waals surface area contributed by atoms with E-state index in [2.05, 4.69) is 157 Å². The second-order valence-electron chi connectivity index (χ2n) is 11.4. The molecule has 0 amide bonds. The number of nitrogens with zero attached hydrogens (tertiary/aromatic N) is 1. The molecule has 9 rings (SSSR count). The van der Waals surface area contributed by atoms with Crippen molar-refractivity contribution in [3.8, 4) is 22.3 Å². The van der Waals surface area contributed by atoms with Crippen LogP contribution in [0.2, 0.25) is 0 Å². The molecule has 8 aromatic rings. The van der Waals surface area contributed by atoms with E-state index in [1.54, 1.807) is 0 Å². The van der Waals surface area contributed by atoms with Crippen molar-refractivity contribution in [1.82, 2.24) is 0 Å². The molecule has 1 heterocycles. The van der Waals surface area contributed by atoms with Crippen LogP contribution in [0.4, 0.5) is 17.1 Å². The van der Waals surface area contributed by atoms with Crippen molar-refractivity contribution < 1.29 is 0 Å². The summed E-state index contributed by atoms with van der Waals surface area (Å²) < 4.78 is 2.65. The second-order valence-corrected chi connectivity index (χ2v) is 12.5. The number of hydrogen-bond donors (Lipinski definition) is 0. The zero-order valence-corrected chi connectivity index (χ0v) is 24.3. The van der Waals surface area contributed by atoms with Gasteiger partial charge in [0, 0.05) is 37.2 Å². The third-order valence-electron chi connectivity index (χ3n) is 8.84. The third-order valence-corrected chi connectivity index (χ3v) is 10.00. The Kier molecular flexibility index (Phi) is 5.50. The molecule has 7 aromatic carbocycles. The average molecular weight is 566 g/mol. The predicted octanol–water partition coefficient (Wildman–Crippen LogP) is 11.9. The highest BCUT2D eigenvalue weighted by Gasteiger charge is 2.20. The Morgan fingerprint density at radius 1 is 0.442 bits per heavy atom. The lowest BCUT2D eigenvalue weighted by molar-refractivity contribution is 1.20. The van der Waals surface area contributed by atoms with E-state index in [9.17, 15) is 0 Å². The molecular formula is C41H27NS. The first-order chi connectivity index (χ1) is 21.3. The molecule has 0 atom stereocenters. The number of benzene rings is 7. The molecule has 1 aliphatic carbocycles. The zero-order chi connectivity index (χ0) is 28.3. The van der Waals surface area contributed by atoms with Crippen LogP contribution in [0, 0.1) is 0 Å². The summed E-state index contributed by atoms with van der Waals surface area (Å²) >= 11 is 1.86. The second kappa shape index (κ2) is 9.69. The van der Waals surface area contributed by atoms with Crippen LogP contribution >= 0.6 is 11.3 Å². The van der Waals surface area contributed by atoms with Crippen molar-refractivity contribution in [2.24, 2.45) is 0 Å². The van der Waals surface area contributed by atoms with E-state index in [0.717, 1.165) is 23.5 Å². The zero-order valence-electron chi connectivity index (χ0n) is 23.5. The molecule has 0 spiro atoms. The van der Waals surface area contributed by atoms with Gasteiger partial charge in [0.2, 0.25) is 0 Å². The number of hydrogen-bond acceptors (Lipinski definition) is 2. The smallest absolute Gasteiger partial charge is 0.0468 e. The monoisotopic (exact) mass is 565 g/mol. The van der Waals surface area contributed by atoms with Gasteiger partial charge in [-0.05, 0) is 111 Å². The van der Waals surface area contributed by atoms with E-state index < -0.39 is 0 Å². The van der Waals surface area contributed by atoms with Crippen molar-refractivity contribution in [2.45, 2.75) is 6.42 Å². The predicted molar refractivity (Wildman–Crippen MR) is 185 cm³/mol. The van der Waals surface area contributed by atoms with Gasteiger partial charge in [-0.25, -0.2) is 0 Å². The molecule has 202 valence electrons. The van der Waals surface area contributed by atoms with Crippen molar-refractivity contribution in [2.75, 3.05) is 4.90 Å². The SMILES string of the molecule is c1ccc(N(c2ccc(-c3cc4c5c(cccc5c3)Cc3ccccc3-4)cc2)c2ccc3sc4ccccc4c3c2)cc1. The summed E-state index contributed by atoms with van der Waals surface area (Å²) in [6.45, 7) is 0. The van der Waals surface area contributed by atoms with Crippen molar-refractivity contribution in [3.63, 3.8) is 0 Å². The first-order valence-corrected chi connectivity index (χ1v) is 15.6. The number of rotatable bonds is 4. The Balaban J connectivity index is 1.17. The lowest BCUT2D eigenvalue weighted by atomic mass is 9.82. The molecule has 0 fully saturated rings. The van der Waals surface area contributed by atoms with E-state index in [0.29, 0.717) is 0 Å². The van der Waals surface area contributed by atoms with Gasteiger partial charge in [0.25, 0.3) is 0 Å². The Hall–Kier alpha value is -5.18. The molecule has 1 aliphatic rings. The summed E-state index contributed by atoms with van der Waals surface area (Å²) in [5.74, 6) is 0. The van der Waals surface area contributed by atoms with E-state index in [4.69, 9.17) is 0 Å². The molecule has 1 nitrogen and oxygen atoms in total. The minimum absolute atomic E-state index is 0.997. The quantitative estimate of drug-likeness (QED) is 0.205. The Morgan fingerprint density at radius 3 is 2.07 bits per heavy atom. The summed E-state index contributed by atoms with van der Waals surface area (Å²) in [5.41, 5.74) is 11.5. The number of anilines is 3. The molecule has 0 N–H and O–H groups in total. The molecular weight excluding hydrogens is 539 g/mol. The van der Waals surface area contributed by atoms with Gasteiger partial charge in [-0.1, -0.05) is 91.0 Å². The maximum Gasteiger partial charge on any atom is 0.0468 e. The van der Waals surface area contributed by atoms with Gasteiger partial charge < -0.3 is 4.90 Å². The molecule has 0 saturated heterocycles. The summed E-state index contributed by atoms with van der Waals surface area (Å²) in [4.78, 5) is 2.36. The summed E-state index contributed by atoms with van der Waals surface area (Å²) in [7, 11) is 0. The molecule has 0 saturated carbocycles. The number of fused-ring (bicyclic) bond motifs is 5. The van der Waals surface area contributed by atoms with Gasteiger partial charge in [-0.15, -0.1) is 11.3 Å². The van der Waals surface area contributed by atoms with Crippen molar-refractivity contribution >= 4 is 59.3 Å². The number of thiophene rings is 1.